The van der Waals surface area contributed by atoms with Crippen molar-refractivity contribution in [3.8, 4) is 0 Å². The van der Waals surface area contributed by atoms with E-state index in [9.17, 15) is 4.79 Å². The second-order valence-electron chi connectivity index (χ2n) is 3.07. The molecule has 0 aromatic carbocycles. The third-order valence-corrected chi connectivity index (χ3v) is 2.38. The SMILES string of the molecule is C[C@H]1Cn2cc(Br)cc2C(=O)N1. The first-order chi connectivity index (χ1) is 5.66. The fourth-order valence-electron chi connectivity index (χ4n) is 1.45. The number of nitrogens with zero attached hydrogens (tertiary/aromatic N) is 1. The molecule has 0 saturated carbocycles. The Balaban J connectivity index is 2.46. The van der Waals surface area contributed by atoms with Gasteiger partial charge in [-0.05, 0) is 28.9 Å². The summed E-state index contributed by atoms with van der Waals surface area (Å²) in [6.07, 6.45) is 1.94. The normalized spacial score (nSPS) is 21.8. The minimum Gasteiger partial charge on any atom is -0.347 e. The van der Waals surface area contributed by atoms with Crippen molar-refractivity contribution in [2.45, 2.75) is 19.5 Å². The second-order valence-corrected chi connectivity index (χ2v) is 3.99. The molecular formula is C8H9BrN2O. The van der Waals surface area contributed by atoms with Crippen molar-refractivity contribution in [1.82, 2.24) is 9.88 Å². The molecule has 1 aliphatic heterocycles. The summed E-state index contributed by atoms with van der Waals surface area (Å²) in [6, 6.07) is 2.06. The van der Waals surface area contributed by atoms with E-state index in [0.29, 0.717) is 0 Å². The van der Waals surface area contributed by atoms with Crippen molar-refractivity contribution >= 4 is 21.8 Å². The summed E-state index contributed by atoms with van der Waals surface area (Å²) < 4.78 is 2.93. The van der Waals surface area contributed by atoms with E-state index in [1.165, 1.54) is 0 Å². The molecule has 1 N–H and O–H groups in total. The summed E-state index contributed by atoms with van der Waals surface area (Å²) >= 11 is 3.34. The van der Waals surface area contributed by atoms with Gasteiger partial charge in [0.25, 0.3) is 5.91 Å². The molecule has 1 atom stereocenters. The first-order valence-corrected chi connectivity index (χ1v) is 4.62. The van der Waals surface area contributed by atoms with Crippen molar-refractivity contribution in [3.05, 3.63) is 22.4 Å². The summed E-state index contributed by atoms with van der Waals surface area (Å²) in [7, 11) is 0. The van der Waals surface area contributed by atoms with Crippen molar-refractivity contribution in [1.29, 1.82) is 0 Å². The van der Waals surface area contributed by atoms with Gasteiger partial charge in [0.1, 0.15) is 5.69 Å². The monoisotopic (exact) mass is 228 g/mol. The quantitative estimate of drug-likeness (QED) is 0.716. The van der Waals surface area contributed by atoms with Gasteiger partial charge in [-0.15, -0.1) is 0 Å². The lowest BCUT2D eigenvalue weighted by Crippen LogP contribution is -2.41. The standard InChI is InChI=1S/C8H9BrN2O/c1-5-3-11-4-6(9)2-7(11)8(12)10-5/h2,4-5H,3H2,1H3,(H,10,12)/t5-/m0/s1. The van der Waals surface area contributed by atoms with Crippen LogP contribution in [-0.4, -0.2) is 16.5 Å². The zero-order valence-corrected chi connectivity index (χ0v) is 8.26. The van der Waals surface area contributed by atoms with Gasteiger partial charge in [0.05, 0.1) is 0 Å². The van der Waals surface area contributed by atoms with Crippen LogP contribution in [0.15, 0.2) is 16.7 Å². The molecule has 1 aromatic rings. The van der Waals surface area contributed by atoms with Gasteiger partial charge in [-0.2, -0.15) is 0 Å². The van der Waals surface area contributed by atoms with Gasteiger partial charge >= 0.3 is 0 Å². The predicted octanol–water partition coefficient (Wildman–Crippen LogP) is 1.38. The maximum Gasteiger partial charge on any atom is 0.268 e. The molecule has 0 spiro atoms. The first kappa shape index (κ1) is 7.86. The van der Waals surface area contributed by atoms with Gasteiger partial charge in [0.15, 0.2) is 0 Å². The van der Waals surface area contributed by atoms with Crippen LogP contribution in [0.4, 0.5) is 0 Å². The van der Waals surface area contributed by atoms with Crippen molar-refractivity contribution in [2.24, 2.45) is 0 Å². The van der Waals surface area contributed by atoms with Crippen LogP contribution >= 0.6 is 15.9 Å². The minimum absolute atomic E-state index is 0.0134. The number of amides is 1. The highest BCUT2D eigenvalue weighted by atomic mass is 79.9. The predicted molar refractivity (Wildman–Crippen MR) is 49.1 cm³/mol. The van der Waals surface area contributed by atoms with Gasteiger partial charge in [-0.25, -0.2) is 0 Å². The molecule has 0 aliphatic carbocycles. The summed E-state index contributed by atoms with van der Waals surface area (Å²) in [6.45, 7) is 2.85. The zero-order chi connectivity index (χ0) is 8.72. The molecule has 0 fully saturated rings. The largest absolute Gasteiger partial charge is 0.347 e. The smallest absolute Gasteiger partial charge is 0.268 e. The van der Waals surface area contributed by atoms with Crippen LogP contribution in [0, 0.1) is 0 Å². The highest BCUT2D eigenvalue weighted by Crippen LogP contribution is 2.17. The van der Waals surface area contributed by atoms with Crippen LogP contribution in [0.2, 0.25) is 0 Å². The van der Waals surface area contributed by atoms with Gasteiger partial charge in [-0.1, -0.05) is 0 Å². The Labute approximate surface area is 78.9 Å². The lowest BCUT2D eigenvalue weighted by molar-refractivity contribution is 0.0906. The topological polar surface area (TPSA) is 34.0 Å². The molecule has 3 nitrogen and oxygen atoms in total. The van der Waals surface area contributed by atoms with E-state index in [0.717, 1.165) is 16.7 Å². The van der Waals surface area contributed by atoms with Crippen LogP contribution in [-0.2, 0) is 6.54 Å². The third kappa shape index (κ3) is 1.16. The Morgan fingerprint density at radius 3 is 3.25 bits per heavy atom. The van der Waals surface area contributed by atoms with Crippen LogP contribution in [0.25, 0.3) is 0 Å². The molecule has 0 radical (unpaired) electrons. The van der Waals surface area contributed by atoms with E-state index in [2.05, 4.69) is 21.2 Å². The molecule has 12 heavy (non-hydrogen) atoms. The Bertz CT molecular complexity index is 332. The number of aromatic nitrogens is 1. The van der Waals surface area contributed by atoms with Gasteiger partial charge in [0.2, 0.25) is 0 Å². The molecule has 1 aromatic heterocycles. The molecule has 0 bridgehead atoms. The molecular weight excluding hydrogens is 220 g/mol. The van der Waals surface area contributed by atoms with E-state index < -0.39 is 0 Å². The third-order valence-electron chi connectivity index (χ3n) is 1.94. The number of hydrogen-bond donors (Lipinski definition) is 1. The molecule has 4 heteroatoms. The number of nitrogens with one attached hydrogen (secondary N) is 1. The maximum absolute atomic E-state index is 11.4. The molecule has 64 valence electrons. The molecule has 0 saturated heterocycles. The average Bonchev–Trinajstić information content (AvgIpc) is 2.29. The molecule has 2 heterocycles. The van der Waals surface area contributed by atoms with E-state index in [4.69, 9.17) is 0 Å². The van der Waals surface area contributed by atoms with Crippen LogP contribution < -0.4 is 5.32 Å². The van der Waals surface area contributed by atoms with Crippen LogP contribution in [0.5, 0.6) is 0 Å². The summed E-state index contributed by atoms with van der Waals surface area (Å²) in [5.74, 6) is 0.0134. The number of fused-ring (bicyclic) bond motifs is 1. The lowest BCUT2D eigenvalue weighted by atomic mass is 10.2. The lowest BCUT2D eigenvalue weighted by Gasteiger charge is -2.21. The van der Waals surface area contributed by atoms with Crippen LogP contribution in [0.1, 0.15) is 17.4 Å². The first-order valence-electron chi connectivity index (χ1n) is 3.83. The Kier molecular flexibility index (Phi) is 1.72. The van der Waals surface area contributed by atoms with Crippen molar-refractivity contribution in [3.63, 3.8) is 0 Å². The molecule has 1 amide bonds. The molecule has 1 aliphatic rings. The summed E-state index contributed by atoms with van der Waals surface area (Å²) in [4.78, 5) is 11.4. The fourth-order valence-corrected chi connectivity index (χ4v) is 1.92. The fraction of sp³-hybridized carbons (Fsp3) is 0.375. The number of carbonyl (C=O) groups is 1. The number of hydrogen-bond acceptors (Lipinski definition) is 1. The maximum atomic E-state index is 11.4. The molecule has 2 rings (SSSR count). The Morgan fingerprint density at radius 2 is 2.50 bits per heavy atom. The highest BCUT2D eigenvalue weighted by molar-refractivity contribution is 9.10. The van der Waals surface area contributed by atoms with Crippen molar-refractivity contribution in [2.75, 3.05) is 0 Å². The number of carbonyl (C=O) groups excluding carboxylic acids is 1. The average molecular weight is 229 g/mol. The van der Waals surface area contributed by atoms with Gasteiger partial charge < -0.3 is 9.88 Å². The summed E-state index contributed by atoms with van der Waals surface area (Å²) in [5, 5.41) is 2.87. The zero-order valence-electron chi connectivity index (χ0n) is 6.67. The van der Waals surface area contributed by atoms with Gasteiger partial charge in [-0.3, -0.25) is 4.79 Å². The Morgan fingerprint density at radius 1 is 1.75 bits per heavy atom. The highest BCUT2D eigenvalue weighted by Gasteiger charge is 2.21. The minimum atomic E-state index is 0.0134. The summed E-state index contributed by atoms with van der Waals surface area (Å²) in [5.41, 5.74) is 0.736. The van der Waals surface area contributed by atoms with Crippen LogP contribution in [0.3, 0.4) is 0 Å². The molecule has 0 unspecified atom stereocenters. The van der Waals surface area contributed by atoms with Gasteiger partial charge in [0, 0.05) is 23.3 Å². The number of rotatable bonds is 0. The van der Waals surface area contributed by atoms with E-state index in [-0.39, 0.29) is 11.9 Å². The van der Waals surface area contributed by atoms with E-state index >= 15 is 0 Å². The van der Waals surface area contributed by atoms with E-state index in [1.807, 2.05) is 23.8 Å². The van der Waals surface area contributed by atoms with E-state index in [1.54, 1.807) is 0 Å². The Hall–Kier alpha value is -0.770. The van der Waals surface area contributed by atoms with Crippen molar-refractivity contribution < 1.29 is 4.79 Å². The number of halogens is 1. The second kappa shape index (κ2) is 2.62.